The highest BCUT2D eigenvalue weighted by molar-refractivity contribution is 7.71. The van der Waals surface area contributed by atoms with Crippen molar-refractivity contribution >= 4 is 35.2 Å². The third-order valence-electron chi connectivity index (χ3n) is 4.57. The molecule has 8 N–H and O–H groups in total. The van der Waals surface area contributed by atoms with E-state index in [1.807, 2.05) is 0 Å². The maximum absolute atomic E-state index is 11.4. The summed E-state index contributed by atoms with van der Waals surface area (Å²) in [4.78, 5) is 23.0. The molecule has 0 aromatic carbocycles. The highest BCUT2D eigenvalue weighted by Gasteiger charge is 2.35. The van der Waals surface area contributed by atoms with Crippen molar-refractivity contribution in [2.75, 3.05) is 31.6 Å². The second-order valence-corrected chi connectivity index (χ2v) is 7.15. The second kappa shape index (κ2) is 10.1. The molecule has 0 spiro atoms. The van der Waals surface area contributed by atoms with Crippen LogP contribution in [-0.2, 0) is 9.53 Å². The Kier molecular flexibility index (Phi) is 7.47. The van der Waals surface area contributed by atoms with E-state index in [9.17, 15) is 15.0 Å². The molecule has 0 aliphatic carbocycles. The number of aromatic nitrogens is 4. The molecule has 2 aromatic rings. The Labute approximate surface area is 176 Å². The lowest BCUT2D eigenvalue weighted by Gasteiger charge is -2.17. The van der Waals surface area contributed by atoms with Crippen LogP contribution in [0.5, 0.6) is 0 Å². The molecule has 4 atom stereocenters. The summed E-state index contributed by atoms with van der Waals surface area (Å²) < 4.78 is 7.60. The van der Waals surface area contributed by atoms with E-state index < -0.39 is 37.0 Å². The number of hydrogen-bond acceptors (Lipinski definition) is 10. The average molecular weight is 439 g/mol. The topological polar surface area (TPSA) is 184 Å². The summed E-state index contributed by atoms with van der Waals surface area (Å²) >= 11 is 5.30. The highest BCUT2D eigenvalue weighted by Crippen LogP contribution is 2.31. The number of fused-ring (bicyclic) bond motifs is 1. The Morgan fingerprint density at radius 2 is 2.23 bits per heavy atom. The molecule has 1 aliphatic heterocycles. The predicted octanol–water partition coefficient (Wildman–Crippen LogP) is -1.47. The van der Waals surface area contributed by atoms with Gasteiger partial charge in [-0.15, -0.1) is 0 Å². The molecule has 1 saturated heterocycles. The Hall–Kier alpha value is -2.42. The summed E-state index contributed by atoms with van der Waals surface area (Å²) in [5.74, 6) is -0.0317. The molecule has 1 amide bonds. The number of carbonyl (C=O) groups excluding carboxylic acids is 1. The van der Waals surface area contributed by atoms with Crippen LogP contribution < -0.4 is 16.4 Å². The molecule has 3 heterocycles. The van der Waals surface area contributed by atoms with Crippen LogP contribution in [0.3, 0.4) is 0 Å². The number of anilines is 1. The van der Waals surface area contributed by atoms with Crippen molar-refractivity contribution in [1.29, 1.82) is 0 Å². The maximum atomic E-state index is 11.4. The zero-order chi connectivity index (χ0) is 21.7. The van der Waals surface area contributed by atoms with E-state index in [0.717, 1.165) is 0 Å². The van der Waals surface area contributed by atoms with Gasteiger partial charge in [0.25, 0.3) is 0 Å². The summed E-state index contributed by atoms with van der Waals surface area (Å²) in [6.07, 6.45) is 3.41. The second-order valence-electron chi connectivity index (χ2n) is 6.76. The third-order valence-corrected chi connectivity index (χ3v) is 4.86. The quantitative estimate of drug-likeness (QED) is 0.180. The normalized spacial score (nSPS) is 22.6. The van der Waals surface area contributed by atoms with Crippen LogP contribution in [0.25, 0.3) is 11.2 Å². The van der Waals surface area contributed by atoms with Gasteiger partial charge in [0.15, 0.2) is 10.9 Å². The van der Waals surface area contributed by atoms with Crippen LogP contribution in [0.15, 0.2) is 18.5 Å². The van der Waals surface area contributed by atoms with Crippen LogP contribution in [0.1, 0.15) is 12.6 Å². The van der Waals surface area contributed by atoms with E-state index in [4.69, 9.17) is 27.8 Å². The molecule has 3 rings (SSSR count). The van der Waals surface area contributed by atoms with Gasteiger partial charge >= 0.3 is 0 Å². The first-order chi connectivity index (χ1) is 14.4. The van der Waals surface area contributed by atoms with Gasteiger partial charge in [0, 0.05) is 19.5 Å². The number of aliphatic hydroxyl groups excluding tert-OH is 3. The summed E-state index contributed by atoms with van der Waals surface area (Å²) in [5.41, 5.74) is 6.41. The molecule has 2 aromatic heterocycles. The number of aromatic amines is 1. The van der Waals surface area contributed by atoms with E-state index >= 15 is 0 Å². The van der Waals surface area contributed by atoms with Crippen molar-refractivity contribution in [1.82, 2.24) is 24.8 Å². The summed E-state index contributed by atoms with van der Waals surface area (Å²) in [5, 5.41) is 34.0. The minimum atomic E-state index is -0.938. The van der Waals surface area contributed by atoms with Crippen LogP contribution in [0.2, 0.25) is 0 Å². The Morgan fingerprint density at radius 1 is 1.47 bits per heavy atom. The van der Waals surface area contributed by atoms with E-state index in [-0.39, 0.29) is 17.8 Å². The van der Waals surface area contributed by atoms with Crippen molar-refractivity contribution in [2.24, 2.45) is 5.73 Å². The monoisotopic (exact) mass is 439 g/mol. The minimum Gasteiger partial charge on any atom is -0.394 e. The number of carbonyl (C=O) groups is 1. The van der Waals surface area contributed by atoms with E-state index in [0.29, 0.717) is 30.1 Å². The number of aliphatic hydroxyl groups is 3. The molecular formula is C17H25N7O5S. The van der Waals surface area contributed by atoms with Crippen molar-refractivity contribution in [3.05, 3.63) is 23.1 Å². The molecule has 0 saturated carbocycles. The minimum absolute atomic E-state index is 0.177. The first kappa shape index (κ1) is 22.3. The smallest absolute Gasteiger partial charge is 0.239 e. The van der Waals surface area contributed by atoms with Gasteiger partial charge < -0.3 is 41.4 Å². The van der Waals surface area contributed by atoms with Gasteiger partial charge in [-0.05, 0) is 0 Å². The van der Waals surface area contributed by atoms with Crippen LogP contribution >= 0.6 is 12.2 Å². The van der Waals surface area contributed by atoms with E-state index in [1.54, 1.807) is 16.7 Å². The van der Waals surface area contributed by atoms with Crippen molar-refractivity contribution in [3.8, 4) is 0 Å². The standard InChI is InChI=1S/C17H25N7O5S/c18-10(7-26)14(28)19-3-1-2-4-20-17-22-13-12(15(30)23-17)21-8-24(13)16-11(27)5-9(6-25)29-16/h1-2,8-11,16,25-27H,3-7,18H2,(H,19,28)(H2,20,22,23,30)/b2-1+/t9-,10?,11?,16+/m0/s1. The fraction of sp³-hybridized carbons (Fsp3) is 0.529. The lowest BCUT2D eigenvalue weighted by Crippen LogP contribution is -2.42. The number of ether oxygens (including phenoxy) is 1. The number of rotatable bonds is 9. The number of nitrogens with zero attached hydrogens (tertiary/aromatic N) is 3. The SMILES string of the molecule is NC(CO)C(=O)NC/C=C/CNc1nc(=S)c2ncn([C@@H]3O[C@H](CO)CC3O)c2[nH]1. The first-order valence-electron chi connectivity index (χ1n) is 9.38. The van der Waals surface area contributed by atoms with Gasteiger partial charge in [-0.25, -0.2) is 9.97 Å². The maximum Gasteiger partial charge on any atom is 0.239 e. The van der Waals surface area contributed by atoms with Crippen LogP contribution in [0.4, 0.5) is 5.95 Å². The Bertz CT molecular complexity index is 962. The number of nitrogens with two attached hydrogens (primary N) is 1. The van der Waals surface area contributed by atoms with E-state index in [1.165, 1.54) is 6.33 Å². The van der Waals surface area contributed by atoms with Gasteiger partial charge in [0.1, 0.15) is 23.3 Å². The molecule has 1 aliphatic rings. The Morgan fingerprint density at radius 3 is 2.93 bits per heavy atom. The predicted molar refractivity (Wildman–Crippen MR) is 110 cm³/mol. The Balaban J connectivity index is 1.64. The average Bonchev–Trinajstić information content (AvgIpc) is 3.32. The van der Waals surface area contributed by atoms with Gasteiger partial charge in [-0.3, -0.25) is 9.36 Å². The molecular weight excluding hydrogens is 414 g/mol. The summed E-state index contributed by atoms with van der Waals surface area (Å²) in [6, 6.07) is -0.938. The summed E-state index contributed by atoms with van der Waals surface area (Å²) in [7, 11) is 0. The zero-order valence-electron chi connectivity index (χ0n) is 16.1. The fourth-order valence-electron chi connectivity index (χ4n) is 3.01. The van der Waals surface area contributed by atoms with Gasteiger partial charge in [0.05, 0.1) is 25.6 Å². The molecule has 1 fully saturated rings. The van der Waals surface area contributed by atoms with E-state index in [2.05, 4.69) is 25.6 Å². The van der Waals surface area contributed by atoms with Crippen LogP contribution in [0, 0.1) is 4.64 Å². The number of amides is 1. The molecule has 12 nitrogen and oxygen atoms in total. The fourth-order valence-corrected chi connectivity index (χ4v) is 3.25. The lowest BCUT2D eigenvalue weighted by molar-refractivity contribution is -0.122. The molecule has 30 heavy (non-hydrogen) atoms. The largest absolute Gasteiger partial charge is 0.394 e. The van der Waals surface area contributed by atoms with Crippen molar-refractivity contribution in [3.63, 3.8) is 0 Å². The highest BCUT2D eigenvalue weighted by atomic mass is 32.1. The van der Waals surface area contributed by atoms with Gasteiger partial charge in [-0.2, -0.15) is 0 Å². The number of H-pyrrole nitrogens is 1. The van der Waals surface area contributed by atoms with Gasteiger partial charge in [0.2, 0.25) is 11.9 Å². The molecule has 13 heteroatoms. The van der Waals surface area contributed by atoms with Crippen LogP contribution in [-0.4, -0.2) is 85.3 Å². The molecule has 0 radical (unpaired) electrons. The molecule has 2 unspecified atom stereocenters. The number of hydrogen-bond donors (Lipinski definition) is 7. The summed E-state index contributed by atoms with van der Waals surface area (Å²) in [6.45, 7) is 0.0787. The van der Waals surface area contributed by atoms with Gasteiger partial charge in [-0.1, -0.05) is 24.4 Å². The zero-order valence-corrected chi connectivity index (χ0v) is 16.9. The number of imidazole rings is 1. The first-order valence-corrected chi connectivity index (χ1v) is 9.79. The number of nitrogens with one attached hydrogen (secondary N) is 3. The molecule has 164 valence electrons. The molecule has 0 bridgehead atoms. The van der Waals surface area contributed by atoms with Crippen molar-refractivity contribution < 1.29 is 24.9 Å². The lowest BCUT2D eigenvalue weighted by atomic mass is 10.2. The third kappa shape index (κ3) is 5.00. The van der Waals surface area contributed by atoms with Crippen molar-refractivity contribution in [2.45, 2.75) is 30.9 Å².